The van der Waals surface area contributed by atoms with E-state index in [1.165, 1.54) is 31.4 Å². The zero-order chi connectivity index (χ0) is 13.9. The van der Waals surface area contributed by atoms with E-state index in [-0.39, 0.29) is 11.7 Å². The molecule has 0 aliphatic heterocycles. The van der Waals surface area contributed by atoms with Gasteiger partial charge in [-0.25, -0.2) is 4.39 Å². The second-order valence-electron chi connectivity index (χ2n) is 5.93. The van der Waals surface area contributed by atoms with Gasteiger partial charge < -0.3 is 5.11 Å². The quantitative estimate of drug-likeness (QED) is 0.840. The minimum atomic E-state index is -0.865. The van der Waals surface area contributed by atoms with E-state index in [0.29, 0.717) is 12.3 Å². The highest BCUT2D eigenvalue weighted by atomic mass is 19.1. The molecule has 0 radical (unpaired) electrons. The lowest BCUT2D eigenvalue weighted by atomic mass is 9.68. The maximum absolute atomic E-state index is 13.4. The fourth-order valence-corrected chi connectivity index (χ4v) is 3.58. The zero-order valence-electron chi connectivity index (χ0n) is 12.0. The van der Waals surface area contributed by atoms with Crippen molar-refractivity contribution in [2.24, 2.45) is 11.8 Å². The Bertz CT molecular complexity index is 417. The zero-order valence-corrected chi connectivity index (χ0v) is 12.0. The van der Waals surface area contributed by atoms with Crippen LogP contribution in [-0.2, 0) is 5.60 Å². The molecule has 1 aromatic rings. The Balaban J connectivity index is 2.26. The molecule has 0 spiro atoms. The summed E-state index contributed by atoms with van der Waals surface area (Å²) in [5.41, 5.74) is -0.118. The molecule has 0 heterocycles. The first-order valence-electron chi connectivity index (χ1n) is 7.58. The number of hydrogen-bond donors (Lipinski definition) is 1. The van der Waals surface area contributed by atoms with E-state index in [9.17, 15) is 9.50 Å². The van der Waals surface area contributed by atoms with Crippen molar-refractivity contribution in [2.45, 2.75) is 58.0 Å². The van der Waals surface area contributed by atoms with Crippen LogP contribution < -0.4 is 0 Å². The maximum Gasteiger partial charge on any atom is 0.123 e. The Morgan fingerprint density at radius 3 is 2.74 bits per heavy atom. The van der Waals surface area contributed by atoms with Crippen molar-refractivity contribution >= 4 is 0 Å². The number of hydrogen-bond acceptors (Lipinski definition) is 1. The first kappa shape index (κ1) is 14.5. The van der Waals surface area contributed by atoms with Gasteiger partial charge >= 0.3 is 0 Å². The molecule has 1 fully saturated rings. The van der Waals surface area contributed by atoms with Crippen LogP contribution in [0.2, 0.25) is 0 Å². The Hall–Kier alpha value is -0.890. The van der Waals surface area contributed by atoms with Crippen LogP contribution in [0.25, 0.3) is 0 Å². The molecule has 2 heteroatoms. The van der Waals surface area contributed by atoms with E-state index < -0.39 is 5.60 Å². The molecule has 1 aromatic carbocycles. The second kappa shape index (κ2) is 6.04. The molecule has 1 saturated carbocycles. The number of rotatable bonds is 4. The third kappa shape index (κ3) is 3.00. The van der Waals surface area contributed by atoms with E-state index in [0.717, 1.165) is 18.4 Å². The Kier molecular flexibility index (Phi) is 4.62. The first-order chi connectivity index (χ1) is 9.10. The summed E-state index contributed by atoms with van der Waals surface area (Å²) in [4.78, 5) is 0. The van der Waals surface area contributed by atoms with Gasteiger partial charge in [0.2, 0.25) is 0 Å². The van der Waals surface area contributed by atoms with E-state index in [4.69, 9.17) is 0 Å². The molecular weight excluding hydrogens is 239 g/mol. The lowest BCUT2D eigenvalue weighted by molar-refractivity contribution is -0.0509. The number of benzene rings is 1. The fraction of sp³-hybridized carbons (Fsp3) is 0.647. The average molecular weight is 264 g/mol. The van der Waals surface area contributed by atoms with Gasteiger partial charge in [0.25, 0.3) is 0 Å². The normalized spacial score (nSPS) is 26.9. The van der Waals surface area contributed by atoms with Crippen LogP contribution in [0.15, 0.2) is 24.3 Å². The third-order valence-corrected chi connectivity index (χ3v) is 4.90. The molecular formula is C17H25FO. The van der Waals surface area contributed by atoms with Crippen LogP contribution in [0.3, 0.4) is 0 Å². The lowest BCUT2D eigenvalue weighted by Crippen LogP contribution is -2.37. The molecule has 3 atom stereocenters. The van der Waals surface area contributed by atoms with Crippen LogP contribution in [0.4, 0.5) is 4.39 Å². The summed E-state index contributed by atoms with van der Waals surface area (Å²) >= 11 is 0. The van der Waals surface area contributed by atoms with E-state index >= 15 is 0 Å². The summed E-state index contributed by atoms with van der Waals surface area (Å²) < 4.78 is 13.4. The third-order valence-electron chi connectivity index (χ3n) is 4.90. The van der Waals surface area contributed by atoms with E-state index in [1.54, 1.807) is 6.07 Å². The predicted octanol–water partition coefficient (Wildman–Crippen LogP) is 4.64. The minimum absolute atomic E-state index is 0.257. The number of aliphatic hydroxyl groups is 1. The van der Waals surface area contributed by atoms with Gasteiger partial charge in [-0.1, -0.05) is 45.2 Å². The molecule has 1 nitrogen and oxygen atoms in total. The molecule has 1 aliphatic rings. The molecule has 0 saturated heterocycles. The molecule has 0 aromatic heterocycles. The molecule has 1 aliphatic carbocycles. The van der Waals surface area contributed by atoms with Crippen molar-refractivity contribution in [3.8, 4) is 0 Å². The van der Waals surface area contributed by atoms with Crippen LogP contribution >= 0.6 is 0 Å². The Labute approximate surface area is 115 Å². The van der Waals surface area contributed by atoms with Crippen LogP contribution in [0.5, 0.6) is 0 Å². The Morgan fingerprint density at radius 1 is 1.32 bits per heavy atom. The highest BCUT2D eigenvalue weighted by Crippen LogP contribution is 2.44. The van der Waals surface area contributed by atoms with Crippen LogP contribution in [0, 0.1) is 17.7 Å². The van der Waals surface area contributed by atoms with Gasteiger partial charge in [-0.3, -0.25) is 0 Å². The van der Waals surface area contributed by atoms with Gasteiger partial charge in [-0.15, -0.1) is 0 Å². The second-order valence-corrected chi connectivity index (χ2v) is 5.93. The van der Waals surface area contributed by atoms with Gasteiger partial charge in [0.05, 0.1) is 5.60 Å². The van der Waals surface area contributed by atoms with Crippen molar-refractivity contribution in [3.05, 3.63) is 35.6 Å². The standard InChI is InChI=1S/C17H25FO/c1-3-13-7-5-8-14(11-13)17(19,4-2)15-9-6-10-16(18)12-15/h6,9-10,12-14,19H,3-5,7-8,11H2,1-2H3. The van der Waals surface area contributed by atoms with Crippen molar-refractivity contribution in [3.63, 3.8) is 0 Å². The first-order valence-corrected chi connectivity index (χ1v) is 7.58. The topological polar surface area (TPSA) is 20.2 Å². The van der Waals surface area contributed by atoms with E-state index in [1.807, 2.05) is 13.0 Å². The van der Waals surface area contributed by atoms with Crippen molar-refractivity contribution in [2.75, 3.05) is 0 Å². The maximum atomic E-state index is 13.4. The van der Waals surface area contributed by atoms with Crippen LogP contribution in [0.1, 0.15) is 57.9 Å². The largest absolute Gasteiger partial charge is 0.385 e. The fourth-order valence-electron chi connectivity index (χ4n) is 3.58. The highest BCUT2D eigenvalue weighted by Gasteiger charge is 2.39. The SMILES string of the molecule is CCC1CCCC(C(O)(CC)c2cccc(F)c2)C1. The molecule has 3 unspecified atom stereocenters. The van der Waals surface area contributed by atoms with Crippen molar-refractivity contribution < 1.29 is 9.50 Å². The smallest absolute Gasteiger partial charge is 0.123 e. The summed E-state index contributed by atoms with van der Waals surface area (Å²) in [6.07, 6.45) is 6.41. The average Bonchev–Trinajstić information content (AvgIpc) is 2.46. The number of halogens is 1. The van der Waals surface area contributed by atoms with Gasteiger partial charge in [-0.2, -0.15) is 0 Å². The summed E-state index contributed by atoms with van der Waals surface area (Å²) in [7, 11) is 0. The summed E-state index contributed by atoms with van der Waals surface area (Å²) in [5, 5.41) is 11.1. The van der Waals surface area contributed by atoms with Crippen LogP contribution in [-0.4, -0.2) is 5.11 Å². The molecule has 1 N–H and O–H groups in total. The van der Waals surface area contributed by atoms with Crippen molar-refractivity contribution in [1.29, 1.82) is 0 Å². The molecule has 106 valence electrons. The van der Waals surface area contributed by atoms with Gasteiger partial charge in [0, 0.05) is 0 Å². The minimum Gasteiger partial charge on any atom is -0.385 e. The summed E-state index contributed by atoms with van der Waals surface area (Å²) in [5.74, 6) is 0.718. The van der Waals surface area contributed by atoms with Gasteiger partial charge in [0.1, 0.15) is 5.82 Å². The predicted molar refractivity (Wildman–Crippen MR) is 76.3 cm³/mol. The van der Waals surface area contributed by atoms with Crippen molar-refractivity contribution in [1.82, 2.24) is 0 Å². The Morgan fingerprint density at radius 2 is 2.11 bits per heavy atom. The summed E-state index contributed by atoms with van der Waals surface area (Å²) in [6.45, 7) is 4.22. The highest BCUT2D eigenvalue weighted by molar-refractivity contribution is 5.24. The van der Waals surface area contributed by atoms with Gasteiger partial charge in [-0.05, 0) is 48.8 Å². The molecule has 0 amide bonds. The molecule has 19 heavy (non-hydrogen) atoms. The summed E-state index contributed by atoms with van der Waals surface area (Å²) in [6, 6.07) is 6.50. The molecule has 2 rings (SSSR count). The van der Waals surface area contributed by atoms with E-state index in [2.05, 4.69) is 6.92 Å². The van der Waals surface area contributed by atoms with Gasteiger partial charge in [0.15, 0.2) is 0 Å². The lowest BCUT2D eigenvalue weighted by Gasteiger charge is -2.41. The molecule has 0 bridgehead atoms. The monoisotopic (exact) mass is 264 g/mol.